The van der Waals surface area contributed by atoms with Crippen LogP contribution < -0.4 is 5.48 Å². The standard InChI is InChI=1S/C10H13F3N2O3/c1-6-9(17)8(7(4-16)2-14-6)3-15-18-5-10(11,12)13/h2,15-17H,3-5H2,1H3. The maximum absolute atomic E-state index is 11.8. The number of nitrogens with one attached hydrogen (secondary N) is 1. The first-order valence-corrected chi connectivity index (χ1v) is 5.03. The fourth-order valence-corrected chi connectivity index (χ4v) is 1.27. The molecule has 0 aliphatic rings. The predicted octanol–water partition coefficient (Wildman–Crippen LogP) is 1.17. The van der Waals surface area contributed by atoms with Crippen LogP contribution in [0.1, 0.15) is 16.8 Å². The highest BCUT2D eigenvalue weighted by atomic mass is 19.4. The minimum absolute atomic E-state index is 0.166. The summed E-state index contributed by atoms with van der Waals surface area (Å²) in [6.07, 6.45) is -3.08. The van der Waals surface area contributed by atoms with Crippen molar-refractivity contribution in [2.75, 3.05) is 6.61 Å². The molecule has 0 saturated carbocycles. The minimum Gasteiger partial charge on any atom is -0.506 e. The van der Waals surface area contributed by atoms with E-state index in [4.69, 9.17) is 5.11 Å². The van der Waals surface area contributed by atoms with Gasteiger partial charge in [-0.3, -0.25) is 9.82 Å². The van der Waals surface area contributed by atoms with Gasteiger partial charge in [-0.1, -0.05) is 0 Å². The molecule has 5 nitrogen and oxygen atoms in total. The zero-order valence-corrected chi connectivity index (χ0v) is 9.58. The zero-order chi connectivity index (χ0) is 13.8. The number of alkyl halides is 3. The number of aliphatic hydroxyl groups excluding tert-OH is 1. The monoisotopic (exact) mass is 266 g/mol. The molecule has 0 aromatic carbocycles. The van der Waals surface area contributed by atoms with Gasteiger partial charge < -0.3 is 10.2 Å². The summed E-state index contributed by atoms with van der Waals surface area (Å²) < 4.78 is 35.4. The number of hydrogen-bond acceptors (Lipinski definition) is 5. The molecule has 0 aliphatic heterocycles. The first-order valence-electron chi connectivity index (χ1n) is 5.03. The molecule has 8 heteroatoms. The van der Waals surface area contributed by atoms with Crippen molar-refractivity contribution in [3.8, 4) is 5.75 Å². The summed E-state index contributed by atoms with van der Waals surface area (Å²) in [5, 5.41) is 18.7. The maximum atomic E-state index is 11.8. The van der Waals surface area contributed by atoms with Crippen LogP contribution in [0.5, 0.6) is 5.75 Å². The highest BCUT2D eigenvalue weighted by Crippen LogP contribution is 2.23. The maximum Gasteiger partial charge on any atom is 0.413 e. The number of hydrogen-bond donors (Lipinski definition) is 3. The highest BCUT2D eigenvalue weighted by molar-refractivity contribution is 5.40. The molecule has 0 fully saturated rings. The normalized spacial score (nSPS) is 11.8. The van der Waals surface area contributed by atoms with E-state index in [0.29, 0.717) is 11.3 Å². The van der Waals surface area contributed by atoms with Crippen LogP contribution >= 0.6 is 0 Å². The van der Waals surface area contributed by atoms with Gasteiger partial charge in [0.05, 0.1) is 18.8 Å². The van der Waals surface area contributed by atoms with E-state index in [1.165, 1.54) is 13.1 Å². The van der Waals surface area contributed by atoms with E-state index in [1.807, 2.05) is 0 Å². The average Bonchev–Trinajstić information content (AvgIpc) is 2.28. The predicted molar refractivity (Wildman–Crippen MR) is 55.4 cm³/mol. The molecule has 0 unspecified atom stereocenters. The molecule has 0 atom stereocenters. The van der Waals surface area contributed by atoms with Crippen molar-refractivity contribution in [1.29, 1.82) is 0 Å². The van der Waals surface area contributed by atoms with Crippen molar-refractivity contribution >= 4 is 0 Å². The van der Waals surface area contributed by atoms with Crippen LogP contribution in [0.25, 0.3) is 0 Å². The van der Waals surface area contributed by atoms with Crippen LogP contribution in [-0.4, -0.2) is 28.0 Å². The Labute approximate surface area is 101 Å². The molecule has 1 aromatic rings. The summed E-state index contributed by atoms with van der Waals surface area (Å²) in [4.78, 5) is 8.03. The van der Waals surface area contributed by atoms with Gasteiger partial charge in [-0.15, -0.1) is 0 Å². The van der Waals surface area contributed by atoms with E-state index in [9.17, 15) is 18.3 Å². The molecule has 1 aromatic heterocycles. The first kappa shape index (κ1) is 14.7. The molecule has 1 heterocycles. The molecule has 3 N–H and O–H groups in total. The summed E-state index contributed by atoms with van der Waals surface area (Å²) in [6.45, 7) is -0.443. The van der Waals surface area contributed by atoms with Gasteiger partial charge in [0.15, 0.2) is 6.61 Å². The fourth-order valence-electron chi connectivity index (χ4n) is 1.27. The molecule has 18 heavy (non-hydrogen) atoms. The van der Waals surface area contributed by atoms with E-state index < -0.39 is 12.8 Å². The van der Waals surface area contributed by atoms with Crippen LogP contribution in [0, 0.1) is 6.92 Å². The molecule has 102 valence electrons. The van der Waals surface area contributed by atoms with Gasteiger partial charge in [-0.25, -0.2) is 0 Å². The summed E-state index contributed by atoms with van der Waals surface area (Å²) in [7, 11) is 0. The van der Waals surface area contributed by atoms with Gasteiger partial charge in [-0.05, 0) is 6.92 Å². The Balaban J connectivity index is 2.64. The van der Waals surface area contributed by atoms with Gasteiger partial charge in [0.2, 0.25) is 0 Å². The third-order valence-electron chi connectivity index (χ3n) is 2.19. The van der Waals surface area contributed by atoms with Crippen LogP contribution in [0.4, 0.5) is 13.2 Å². The van der Waals surface area contributed by atoms with E-state index >= 15 is 0 Å². The van der Waals surface area contributed by atoms with Gasteiger partial charge in [-0.2, -0.15) is 18.7 Å². The van der Waals surface area contributed by atoms with Gasteiger partial charge in [0.1, 0.15) is 5.75 Å². The van der Waals surface area contributed by atoms with E-state index in [-0.39, 0.29) is 24.5 Å². The Morgan fingerprint density at radius 1 is 1.44 bits per heavy atom. The third kappa shape index (κ3) is 4.13. The number of aromatic hydroxyl groups is 1. The van der Waals surface area contributed by atoms with Crippen LogP contribution in [-0.2, 0) is 18.0 Å². The summed E-state index contributed by atoms with van der Waals surface area (Å²) in [5.41, 5.74) is 2.98. The number of aromatic nitrogens is 1. The van der Waals surface area contributed by atoms with Crippen molar-refractivity contribution < 1.29 is 28.2 Å². The molecule has 0 radical (unpaired) electrons. The summed E-state index contributed by atoms with van der Waals surface area (Å²) in [6, 6.07) is 0. The average molecular weight is 266 g/mol. The fraction of sp³-hybridized carbons (Fsp3) is 0.500. The molecule has 0 saturated heterocycles. The Hall–Kier alpha value is -1.38. The zero-order valence-electron chi connectivity index (χ0n) is 9.58. The van der Waals surface area contributed by atoms with Gasteiger partial charge >= 0.3 is 6.18 Å². The molecule has 0 amide bonds. The van der Waals surface area contributed by atoms with E-state index in [1.54, 1.807) is 0 Å². The Morgan fingerprint density at radius 2 is 2.11 bits per heavy atom. The second kappa shape index (κ2) is 5.98. The summed E-state index contributed by atoms with van der Waals surface area (Å²) in [5.74, 6) is -0.176. The third-order valence-corrected chi connectivity index (χ3v) is 2.19. The quantitative estimate of drug-likeness (QED) is 0.551. The lowest BCUT2D eigenvalue weighted by Crippen LogP contribution is -2.25. The van der Waals surface area contributed by atoms with Crippen LogP contribution in [0.2, 0.25) is 0 Å². The smallest absolute Gasteiger partial charge is 0.413 e. The molecular weight excluding hydrogens is 253 g/mol. The van der Waals surface area contributed by atoms with E-state index in [2.05, 4.69) is 15.3 Å². The largest absolute Gasteiger partial charge is 0.506 e. The van der Waals surface area contributed by atoms with Gasteiger partial charge in [0, 0.05) is 17.3 Å². The van der Waals surface area contributed by atoms with Crippen LogP contribution in [0.15, 0.2) is 6.20 Å². The second-order valence-corrected chi connectivity index (χ2v) is 3.58. The topological polar surface area (TPSA) is 74.6 Å². The number of halogens is 3. The Morgan fingerprint density at radius 3 is 2.67 bits per heavy atom. The Kier molecular flexibility index (Phi) is 4.88. The number of aliphatic hydroxyl groups is 1. The lowest BCUT2D eigenvalue weighted by atomic mass is 10.1. The summed E-state index contributed by atoms with van der Waals surface area (Å²) >= 11 is 0. The number of rotatable bonds is 5. The van der Waals surface area contributed by atoms with Crippen LogP contribution in [0.3, 0.4) is 0 Å². The molecule has 0 spiro atoms. The number of aryl methyl sites for hydroxylation is 1. The molecular formula is C10H13F3N2O3. The van der Waals surface area contributed by atoms with Crippen molar-refractivity contribution in [1.82, 2.24) is 10.5 Å². The van der Waals surface area contributed by atoms with Gasteiger partial charge in [0.25, 0.3) is 0 Å². The number of nitrogens with zero attached hydrogens (tertiary/aromatic N) is 1. The minimum atomic E-state index is -4.43. The molecule has 0 aliphatic carbocycles. The first-order chi connectivity index (χ1) is 8.35. The second-order valence-electron chi connectivity index (χ2n) is 3.58. The lowest BCUT2D eigenvalue weighted by molar-refractivity contribution is -0.190. The lowest BCUT2D eigenvalue weighted by Gasteiger charge is -2.13. The molecule has 1 rings (SSSR count). The number of pyridine rings is 1. The van der Waals surface area contributed by atoms with Crippen molar-refractivity contribution in [3.63, 3.8) is 0 Å². The van der Waals surface area contributed by atoms with Crippen molar-refractivity contribution in [2.24, 2.45) is 0 Å². The van der Waals surface area contributed by atoms with Crippen molar-refractivity contribution in [2.45, 2.75) is 26.3 Å². The highest BCUT2D eigenvalue weighted by Gasteiger charge is 2.27. The van der Waals surface area contributed by atoms with E-state index in [0.717, 1.165) is 0 Å². The van der Waals surface area contributed by atoms with Crippen molar-refractivity contribution in [3.05, 3.63) is 23.0 Å². The molecule has 0 bridgehead atoms. The SMILES string of the molecule is Cc1ncc(CO)c(CNOCC(F)(F)F)c1O. The Bertz CT molecular complexity index is 410. The number of hydroxylamine groups is 1.